The van der Waals surface area contributed by atoms with Crippen LogP contribution < -0.4 is 15.0 Å². The van der Waals surface area contributed by atoms with Crippen LogP contribution in [-0.2, 0) is 27.7 Å². The first-order chi connectivity index (χ1) is 21.5. The maximum atomic E-state index is 13.3. The van der Waals surface area contributed by atoms with Crippen molar-refractivity contribution in [2.45, 2.75) is 24.4 Å². The molecule has 0 unspecified atom stereocenters. The Balaban J connectivity index is 1.25. The van der Waals surface area contributed by atoms with E-state index in [1.807, 2.05) is 0 Å². The first-order valence-corrected chi connectivity index (χ1v) is 13.3. The number of carbonyl (C=O) groups is 1. The van der Waals surface area contributed by atoms with E-state index in [9.17, 15) is 22.0 Å². The number of rotatable bonds is 5. The number of carbonyl (C=O) groups excluding carboxylic acids is 1. The first-order valence-electron chi connectivity index (χ1n) is 14.8. The molecule has 1 N–H and O–H groups in total. The number of hydrogen-bond donors (Lipinski definition) is 1. The zero-order valence-corrected chi connectivity index (χ0v) is 21.2. The minimum absolute atomic E-state index is 0.155. The highest BCUT2D eigenvalue weighted by atomic mass is 32.2. The van der Waals surface area contributed by atoms with Crippen LogP contribution >= 0.6 is 0 Å². The fourth-order valence-corrected chi connectivity index (χ4v) is 5.14. The summed E-state index contributed by atoms with van der Waals surface area (Å²) in [4.78, 5) is 26.8. The predicted octanol–water partition coefficient (Wildman–Crippen LogP) is 3.73. The third-order valence-electron chi connectivity index (χ3n) is 6.16. The standard InChI is InChI=1S/C27H23F2N5O5S/c28-25(29)20-4-5-22-26(33-20)34(7-8-39-22)24-6-3-17-13-30-19(12-21(17)32-24)14-31-27(35)16-1-2-18-15-38-9-10-40(36,37)23(18)11-16/h1-6,11-13,25H,7-10,14-15H2,(H,31,35)/i9D2,10D2,15D2. The van der Waals surface area contributed by atoms with Crippen molar-refractivity contribution in [3.8, 4) is 5.75 Å². The summed E-state index contributed by atoms with van der Waals surface area (Å²) in [7, 11) is -5.18. The third-order valence-corrected chi connectivity index (χ3v) is 7.42. The second-order valence-electron chi connectivity index (χ2n) is 8.70. The summed E-state index contributed by atoms with van der Waals surface area (Å²) in [6.07, 6.45) is -1.26. The van der Waals surface area contributed by atoms with Gasteiger partial charge in [-0.15, -0.1) is 0 Å². The van der Waals surface area contributed by atoms with Gasteiger partial charge in [-0.2, -0.15) is 0 Å². The van der Waals surface area contributed by atoms with E-state index >= 15 is 0 Å². The van der Waals surface area contributed by atoms with E-state index in [4.69, 9.17) is 13.0 Å². The number of aromatic nitrogens is 3. The molecule has 2 aliphatic heterocycles. The lowest BCUT2D eigenvalue weighted by Gasteiger charge is -2.29. The number of halogens is 2. The Morgan fingerprint density at radius 1 is 1.15 bits per heavy atom. The van der Waals surface area contributed by atoms with Gasteiger partial charge < -0.3 is 19.7 Å². The molecule has 1 amide bonds. The summed E-state index contributed by atoms with van der Waals surface area (Å²) >= 11 is 0. The van der Waals surface area contributed by atoms with Gasteiger partial charge in [0.25, 0.3) is 12.3 Å². The molecule has 1 aromatic carbocycles. The summed E-state index contributed by atoms with van der Waals surface area (Å²) in [5.41, 5.74) is -4.20. The molecule has 0 bridgehead atoms. The van der Waals surface area contributed by atoms with E-state index < -0.39 is 57.1 Å². The van der Waals surface area contributed by atoms with E-state index in [0.717, 1.165) is 18.2 Å². The van der Waals surface area contributed by atoms with Crippen LogP contribution in [0.15, 0.2) is 59.6 Å². The highest BCUT2D eigenvalue weighted by Crippen LogP contribution is 2.36. The van der Waals surface area contributed by atoms with Crippen LogP contribution in [-0.4, -0.2) is 54.7 Å². The number of amides is 1. The second-order valence-corrected chi connectivity index (χ2v) is 10.4. The Hall–Kier alpha value is -4.23. The molecule has 3 aromatic heterocycles. The molecule has 0 saturated heterocycles. The van der Waals surface area contributed by atoms with Crippen LogP contribution in [0.5, 0.6) is 5.75 Å². The quantitative estimate of drug-likeness (QED) is 0.380. The van der Waals surface area contributed by atoms with Crippen molar-refractivity contribution in [3.63, 3.8) is 0 Å². The molecule has 13 heteroatoms. The largest absolute Gasteiger partial charge is 0.488 e. The van der Waals surface area contributed by atoms with E-state index in [1.165, 1.54) is 18.3 Å². The molecule has 0 saturated carbocycles. The Labute approximate surface area is 236 Å². The topological polar surface area (TPSA) is 124 Å². The van der Waals surface area contributed by atoms with Gasteiger partial charge in [-0.1, -0.05) is 6.07 Å². The average Bonchev–Trinajstić information content (AvgIpc) is 3.04. The second kappa shape index (κ2) is 10.4. The summed E-state index contributed by atoms with van der Waals surface area (Å²) in [6.45, 7) is -6.17. The first kappa shape index (κ1) is 19.8. The molecular weight excluding hydrogens is 544 g/mol. The normalized spacial score (nSPS) is 22.1. The number of nitrogens with zero attached hydrogens (tertiary/aromatic N) is 4. The summed E-state index contributed by atoms with van der Waals surface area (Å²) < 4.78 is 111. The highest BCUT2D eigenvalue weighted by Gasteiger charge is 2.25. The Bertz CT molecular complexity index is 2000. The zero-order valence-electron chi connectivity index (χ0n) is 26.4. The van der Waals surface area contributed by atoms with Gasteiger partial charge in [-0.25, -0.2) is 27.2 Å². The lowest BCUT2D eigenvalue weighted by atomic mass is 10.1. The zero-order chi connectivity index (χ0) is 33.2. The van der Waals surface area contributed by atoms with Crippen LogP contribution in [0, 0.1) is 0 Å². The van der Waals surface area contributed by atoms with Crippen molar-refractivity contribution < 1.29 is 39.7 Å². The van der Waals surface area contributed by atoms with Crippen molar-refractivity contribution >= 4 is 38.3 Å². The fourth-order valence-electron chi connectivity index (χ4n) is 4.20. The van der Waals surface area contributed by atoms with Crippen LogP contribution in [0.4, 0.5) is 20.4 Å². The van der Waals surface area contributed by atoms with E-state index in [2.05, 4.69) is 25.0 Å². The lowest BCUT2D eigenvalue weighted by Crippen LogP contribution is -2.30. The van der Waals surface area contributed by atoms with Crippen molar-refractivity contribution in [2.24, 2.45) is 0 Å². The maximum Gasteiger partial charge on any atom is 0.280 e. The number of anilines is 2. The number of pyridine rings is 3. The molecule has 5 heterocycles. The van der Waals surface area contributed by atoms with E-state index in [1.54, 1.807) is 23.1 Å². The minimum Gasteiger partial charge on any atom is -0.488 e. The number of benzene rings is 1. The van der Waals surface area contributed by atoms with Crippen LogP contribution in [0.3, 0.4) is 0 Å². The predicted molar refractivity (Wildman–Crippen MR) is 141 cm³/mol. The Kier molecular flexibility index (Phi) is 5.14. The van der Waals surface area contributed by atoms with Crippen LogP contribution in [0.2, 0.25) is 0 Å². The molecule has 0 fully saturated rings. The van der Waals surface area contributed by atoms with Crippen molar-refractivity contribution in [1.82, 2.24) is 20.3 Å². The molecular formula is C27H23F2N5O5S. The van der Waals surface area contributed by atoms with Crippen LogP contribution in [0.1, 0.15) is 42.0 Å². The molecule has 2 aliphatic rings. The number of fused-ring (bicyclic) bond motifs is 3. The Morgan fingerprint density at radius 2 is 2.02 bits per heavy atom. The average molecular weight is 574 g/mol. The van der Waals surface area contributed by atoms with Crippen molar-refractivity contribution in [1.29, 1.82) is 0 Å². The molecule has 10 nitrogen and oxygen atoms in total. The van der Waals surface area contributed by atoms with E-state index in [0.29, 0.717) is 34.7 Å². The van der Waals surface area contributed by atoms with Gasteiger partial charge in [0.15, 0.2) is 21.4 Å². The number of nitrogens with one attached hydrogen (secondary N) is 1. The number of hydrogen-bond acceptors (Lipinski definition) is 9. The molecule has 206 valence electrons. The highest BCUT2D eigenvalue weighted by molar-refractivity contribution is 7.91. The molecule has 0 atom stereocenters. The molecule has 4 aromatic rings. The molecule has 0 radical (unpaired) electrons. The summed E-state index contributed by atoms with van der Waals surface area (Å²) in [5, 5.41) is 3.21. The Morgan fingerprint density at radius 3 is 2.88 bits per heavy atom. The minimum atomic E-state index is -5.18. The fraction of sp³-hybridized carbons (Fsp3) is 0.259. The molecule has 40 heavy (non-hydrogen) atoms. The summed E-state index contributed by atoms with van der Waals surface area (Å²) in [6, 6.07) is 10.5. The van der Waals surface area contributed by atoms with Gasteiger partial charge in [0.05, 0.1) is 53.5 Å². The molecule has 0 spiro atoms. The molecule has 0 aliphatic carbocycles. The third kappa shape index (κ3) is 5.05. The van der Waals surface area contributed by atoms with Gasteiger partial charge in [-0.3, -0.25) is 9.78 Å². The maximum absolute atomic E-state index is 13.3. The SMILES string of the molecule is [2H]C1([2H])OC([2H])([2H])C([2H])([2H])S(=O)(=O)c2cc(C(=O)NCc3cc4nc(N5CCOc6ccc(C(F)F)nc65)ccc4cn3)ccc21. The van der Waals surface area contributed by atoms with Gasteiger partial charge in [0, 0.05) is 19.9 Å². The molecule has 6 rings (SSSR count). The van der Waals surface area contributed by atoms with Crippen molar-refractivity contribution in [2.75, 3.05) is 30.3 Å². The smallest absolute Gasteiger partial charge is 0.280 e. The monoisotopic (exact) mass is 573 g/mol. The number of sulfone groups is 1. The number of alkyl halides is 2. The van der Waals surface area contributed by atoms with Gasteiger partial charge >= 0.3 is 0 Å². The lowest BCUT2D eigenvalue weighted by molar-refractivity contribution is 0.0950. The van der Waals surface area contributed by atoms with Crippen LogP contribution in [0.25, 0.3) is 10.9 Å². The van der Waals surface area contributed by atoms with E-state index in [-0.39, 0.29) is 24.5 Å². The van der Waals surface area contributed by atoms with Gasteiger partial charge in [0.1, 0.15) is 18.1 Å². The van der Waals surface area contributed by atoms with Gasteiger partial charge in [0.2, 0.25) is 0 Å². The van der Waals surface area contributed by atoms with Crippen molar-refractivity contribution in [3.05, 3.63) is 77.2 Å². The number of ether oxygens (including phenoxy) is 2. The van der Waals surface area contributed by atoms with Gasteiger partial charge in [-0.05, 0) is 48.0 Å². The summed E-state index contributed by atoms with van der Waals surface area (Å²) in [5.74, 6) is 0.141.